The van der Waals surface area contributed by atoms with Gasteiger partial charge in [-0.1, -0.05) is 24.4 Å². The van der Waals surface area contributed by atoms with Crippen molar-refractivity contribution in [2.75, 3.05) is 13.2 Å². The first-order valence-corrected chi connectivity index (χ1v) is 9.09. The van der Waals surface area contributed by atoms with E-state index in [1.165, 1.54) is 6.08 Å². The van der Waals surface area contributed by atoms with Crippen LogP contribution in [0.4, 0.5) is 0 Å². The first kappa shape index (κ1) is 16.4. The molecule has 0 aliphatic heterocycles. The number of carbonyl (C=O) groups is 1. The van der Waals surface area contributed by atoms with Gasteiger partial charge in [-0.25, -0.2) is 4.79 Å². The second-order valence-electron chi connectivity index (χ2n) is 4.38. The van der Waals surface area contributed by atoms with Crippen LogP contribution in [0.3, 0.4) is 0 Å². The minimum atomic E-state index is -1.86. The van der Waals surface area contributed by atoms with Gasteiger partial charge in [0.2, 0.25) is 14.0 Å². The van der Waals surface area contributed by atoms with Crippen LogP contribution in [-0.4, -0.2) is 33.2 Å². The van der Waals surface area contributed by atoms with Crippen LogP contribution in [0.5, 0.6) is 0 Å². The molecule has 6 heteroatoms. The summed E-state index contributed by atoms with van der Waals surface area (Å²) < 4.78 is 10.5. The molecule has 0 saturated carbocycles. The van der Waals surface area contributed by atoms with E-state index >= 15 is 0 Å². The van der Waals surface area contributed by atoms with Gasteiger partial charge in [0, 0.05) is 0 Å². The van der Waals surface area contributed by atoms with Crippen molar-refractivity contribution >= 4 is 20.0 Å². The molecule has 0 aliphatic carbocycles. The lowest BCUT2D eigenvalue weighted by atomic mass is 10.3. The van der Waals surface area contributed by atoms with Gasteiger partial charge >= 0.3 is 5.97 Å². The van der Waals surface area contributed by atoms with E-state index in [4.69, 9.17) is 14.0 Å². The Morgan fingerprint density at radius 1 is 1.39 bits per heavy atom. The highest BCUT2D eigenvalue weighted by Gasteiger charge is 2.24. The molecule has 0 bridgehead atoms. The predicted octanol–water partition coefficient (Wildman–Crippen LogP) is 2.47. The molecule has 0 amide bonds. The summed E-state index contributed by atoms with van der Waals surface area (Å²) in [4.78, 5) is 16.6. The average Bonchev–Trinajstić information content (AvgIpc) is 2.22. The van der Waals surface area contributed by atoms with Gasteiger partial charge in [-0.3, -0.25) is 0 Å². The molecule has 0 unspecified atom stereocenters. The Bertz CT molecular complexity index is 344. The zero-order valence-corrected chi connectivity index (χ0v) is 12.5. The number of oxime groups is 1. The Morgan fingerprint density at radius 3 is 2.44 bits per heavy atom. The highest BCUT2D eigenvalue weighted by Crippen LogP contribution is 2.11. The van der Waals surface area contributed by atoms with Gasteiger partial charge in [0.1, 0.15) is 12.4 Å². The van der Waals surface area contributed by atoms with E-state index in [1.807, 2.05) is 19.6 Å². The summed E-state index contributed by atoms with van der Waals surface area (Å²) in [5.74, 6) is -0.429. The average molecular weight is 271 g/mol. The van der Waals surface area contributed by atoms with Crippen molar-refractivity contribution in [3.8, 4) is 0 Å². The number of nitrogens with zero attached hydrogens (tertiary/aromatic N) is 1. The Balaban J connectivity index is 4.85. The van der Waals surface area contributed by atoms with Crippen molar-refractivity contribution in [2.45, 2.75) is 26.6 Å². The smallest absolute Gasteiger partial charge is 0.364 e. The standard InChI is InChI=1S/C12H21NO4Si/c1-7-9-16-13-11(12(14)15-8-2)10(3)17-18(4,5)6/h7H,1,3,8-9H2,2,4-6H3/b13-11-. The number of hydrogen-bond acceptors (Lipinski definition) is 5. The zero-order chi connectivity index (χ0) is 14.2. The molecule has 18 heavy (non-hydrogen) atoms. The predicted molar refractivity (Wildman–Crippen MR) is 73.8 cm³/mol. The van der Waals surface area contributed by atoms with E-state index in [0.29, 0.717) is 0 Å². The number of ether oxygens (including phenoxy) is 1. The highest BCUT2D eigenvalue weighted by atomic mass is 28.4. The van der Waals surface area contributed by atoms with Gasteiger partial charge in [-0.05, 0) is 26.6 Å². The summed E-state index contributed by atoms with van der Waals surface area (Å²) in [6.07, 6.45) is 1.52. The summed E-state index contributed by atoms with van der Waals surface area (Å²) in [7, 11) is -1.86. The van der Waals surface area contributed by atoms with Crippen LogP contribution in [-0.2, 0) is 18.8 Å². The molecular weight excluding hydrogens is 250 g/mol. The Hall–Kier alpha value is -1.56. The van der Waals surface area contributed by atoms with Gasteiger partial charge in [0.15, 0.2) is 0 Å². The van der Waals surface area contributed by atoms with Gasteiger partial charge in [0.25, 0.3) is 0 Å². The quantitative estimate of drug-likeness (QED) is 0.129. The maximum absolute atomic E-state index is 11.7. The van der Waals surface area contributed by atoms with E-state index in [2.05, 4.69) is 18.3 Å². The van der Waals surface area contributed by atoms with E-state index in [9.17, 15) is 4.79 Å². The first-order valence-electron chi connectivity index (χ1n) is 5.68. The Labute approximate surface area is 109 Å². The van der Waals surface area contributed by atoms with Crippen molar-refractivity contribution in [3.63, 3.8) is 0 Å². The third-order valence-electron chi connectivity index (χ3n) is 1.51. The van der Waals surface area contributed by atoms with E-state index < -0.39 is 14.3 Å². The molecule has 0 spiro atoms. The van der Waals surface area contributed by atoms with Gasteiger partial charge in [0.05, 0.1) is 6.61 Å². The third kappa shape index (κ3) is 6.90. The molecule has 0 aliphatic rings. The number of esters is 1. The molecule has 102 valence electrons. The van der Waals surface area contributed by atoms with E-state index in [0.717, 1.165) is 0 Å². The number of carbonyl (C=O) groups excluding carboxylic acids is 1. The zero-order valence-electron chi connectivity index (χ0n) is 11.5. The summed E-state index contributed by atoms with van der Waals surface area (Å²) in [5, 5.41) is 3.68. The molecule has 0 fully saturated rings. The maximum Gasteiger partial charge on any atom is 0.364 e. The molecule has 0 saturated heterocycles. The van der Waals surface area contributed by atoms with Crippen LogP contribution in [0.15, 0.2) is 30.1 Å². The van der Waals surface area contributed by atoms with E-state index in [-0.39, 0.29) is 24.7 Å². The molecule has 0 rings (SSSR count). The van der Waals surface area contributed by atoms with Crippen LogP contribution < -0.4 is 0 Å². The summed E-state index contributed by atoms with van der Waals surface area (Å²) in [5.41, 5.74) is -0.0406. The fraction of sp³-hybridized carbons (Fsp3) is 0.500. The van der Waals surface area contributed by atoms with Crippen LogP contribution in [0, 0.1) is 0 Å². The molecule has 0 aromatic heterocycles. The Morgan fingerprint density at radius 2 is 2.00 bits per heavy atom. The van der Waals surface area contributed by atoms with Crippen LogP contribution >= 0.6 is 0 Å². The molecule has 0 heterocycles. The SMILES string of the molecule is C=CCO/N=C(/C(=C)O[Si](C)(C)C)C(=O)OCC. The lowest BCUT2D eigenvalue weighted by Gasteiger charge is -2.20. The summed E-state index contributed by atoms with van der Waals surface area (Å²) >= 11 is 0. The van der Waals surface area contributed by atoms with Crippen LogP contribution in [0.25, 0.3) is 0 Å². The third-order valence-corrected chi connectivity index (χ3v) is 2.37. The minimum absolute atomic E-state index is 0.0406. The Kier molecular flexibility index (Phi) is 7.03. The number of hydrogen-bond donors (Lipinski definition) is 0. The normalized spacial score (nSPS) is 11.7. The molecular formula is C12H21NO4Si. The van der Waals surface area contributed by atoms with Crippen molar-refractivity contribution in [1.82, 2.24) is 0 Å². The first-order chi connectivity index (χ1) is 8.31. The molecule has 0 aromatic carbocycles. The molecule has 0 N–H and O–H groups in total. The topological polar surface area (TPSA) is 57.1 Å². The second-order valence-corrected chi connectivity index (χ2v) is 8.81. The van der Waals surface area contributed by atoms with Gasteiger partial charge < -0.3 is 14.0 Å². The maximum atomic E-state index is 11.7. The minimum Gasteiger partial charge on any atom is -0.543 e. The molecule has 5 nitrogen and oxygen atoms in total. The fourth-order valence-electron chi connectivity index (χ4n) is 0.974. The van der Waals surface area contributed by atoms with Gasteiger partial charge in [-0.2, -0.15) is 0 Å². The van der Waals surface area contributed by atoms with Crippen molar-refractivity contribution in [2.24, 2.45) is 5.16 Å². The van der Waals surface area contributed by atoms with E-state index in [1.54, 1.807) is 6.92 Å². The highest BCUT2D eigenvalue weighted by molar-refractivity contribution is 6.70. The second kappa shape index (κ2) is 7.70. The summed E-state index contributed by atoms with van der Waals surface area (Å²) in [6, 6.07) is 0. The van der Waals surface area contributed by atoms with Crippen molar-refractivity contribution in [1.29, 1.82) is 0 Å². The monoisotopic (exact) mass is 271 g/mol. The largest absolute Gasteiger partial charge is 0.543 e. The molecule has 0 atom stereocenters. The number of rotatable bonds is 8. The van der Waals surface area contributed by atoms with Crippen LogP contribution in [0.2, 0.25) is 19.6 Å². The van der Waals surface area contributed by atoms with Crippen molar-refractivity contribution < 1.29 is 18.8 Å². The molecule has 0 aromatic rings. The summed E-state index contributed by atoms with van der Waals surface area (Å²) in [6.45, 7) is 15.3. The molecule has 0 radical (unpaired) electrons. The lowest BCUT2D eigenvalue weighted by molar-refractivity contribution is -0.135. The van der Waals surface area contributed by atoms with Gasteiger partial charge in [-0.15, -0.1) is 0 Å². The van der Waals surface area contributed by atoms with Crippen LogP contribution in [0.1, 0.15) is 6.92 Å². The van der Waals surface area contributed by atoms with Crippen molar-refractivity contribution in [3.05, 3.63) is 25.0 Å². The lowest BCUT2D eigenvalue weighted by Crippen LogP contribution is -2.30. The fourth-order valence-corrected chi connectivity index (χ4v) is 1.81.